The Hall–Kier alpha value is -2.17. The number of hydrogen-bond donors (Lipinski definition) is 0. The van der Waals surface area contributed by atoms with Crippen molar-refractivity contribution in [3.05, 3.63) is 71.8 Å². The fraction of sp³-hybridized carbons (Fsp3) is 0.458. The van der Waals surface area contributed by atoms with Crippen molar-refractivity contribution in [1.82, 2.24) is 5.01 Å². The van der Waals surface area contributed by atoms with Crippen LogP contribution in [0.15, 0.2) is 65.8 Å². The number of methoxy groups -OCH3 is 2. The number of hydrazone groups is 1. The molecule has 0 spiro atoms. The summed E-state index contributed by atoms with van der Waals surface area (Å²) in [5.41, 5.74) is 3.80. The first-order chi connectivity index (χ1) is 13.8. The van der Waals surface area contributed by atoms with Crippen LogP contribution in [0.2, 0.25) is 0 Å². The van der Waals surface area contributed by atoms with Crippen LogP contribution >= 0.6 is 0 Å². The van der Waals surface area contributed by atoms with Crippen LogP contribution in [0.5, 0.6) is 0 Å². The molecule has 150 valence electrons. The summed E-state index contributed by atoms with van der Waals surface area (Å²) in [7, 11) is 3.54. The summed E-state index contributed by atoms with van der Waals surface area (Å²) >= 11 is 0. The zero-order valence-electron chi connectivity index (χ0n) is 17.1. The second kappa shape index (κ2) is 11.0. The maximum absolute atomic E-state index is 5.44. The van der Waals surface area contributed by atoms with Crippen molar-refractivity contribution in [3.63, 3.8) is 0 Å². The number of benzene rings is 2. The van der Waals surface area contributed by atoms with Gasteiger partial charge in [0.25, 0.3) is 0 Å². The van der Waals surface area contributed by atoms with E-state index in [1.165, 1.54) is 23.3 Å². The lowest BCUT2D eigenvalue weighted by Gasteiger charge is -2.26. The van der Waals surface area contributed by atoms with Crippen LogP contribution in [-0.2, 0) is 15.9 Å². The second-order valence-electron chi connectivity index (χ2n) is 7.41. The molecule has 0 amide bonds. The van der Waals surface area contributed by atoms with Crippen LogP contribution in [0.1, 0.15) is 36.3 Å². The normalized spacial score (nSPS) is 18.4. The minimum atomic E-state index is 0.241. The summed E-state index contributed by atoms with van der Waals surface area (Å²) in [4.78, 5) is 0. The molecule has 1 aliphatic rings. The summed E-state index contributed by atoms with van der Waals surface area (Å²) in [5.74, 6) is 0.241. The standard InChI is InChI=1S/C24H32N2O2/c1-27-17-15-23(21-12-7-4-8-13-21)24(18-20-10-5-3-6-11-20)25-26-16-9-14-22(26)19-28-2/h3-8,10-13,22-23H,9,14-19H2,1-2H3/b25-24-/t22-,23+/m0/s1. The molecule has 1 heterocycles. The van der Waals surface area contributed by atoms with E-state index in [0.29, 0.717) is 6.04 Å². The summed E-state index contributed by atoms with van der Waals surface area (Å²) in [6, 6.07) is 21.7. The molecule has 0 saturated carbocycles. The van der Waals surface area contributed by atoms with Gasteiger partial charge in [-0.2, -0.15) is 5.10 Å². The first kappa shape index (κ1) is 20.6. The second-order valence-corrected chi connectivity index (χ2v) is 7.41. The van der Waals surface area contributed by atoms with Gasteiger partial charge in [-0.15, -0.1) is 0 Å². The van der Waals surface area contributed by atoms with Crippen molar-refractivity contribution < 1.29 is 9.47 Å². The highest BCUT2D eigenvalue weighted by Crippen LogP contribution is 2.26. The van der Waals surface area contributed by atoms with Gasteiger partial charge in [0.2, 0.25) is 0 Å². The molecule has 0 radical (unpaired) electrons. The lowest BCUT2D eigenvalue weighted by atomic mass is 9.88. The molecule has 0 aromatic heterocycles. The van der Waals surface area contributed by atoms with Gasteiger partial charge in [0.05, 0.1) is 12.6 Å². The Morgan fingerprint density at radius 1 is 1.04 bits per heavy atom. The molecule has 4 heteroatoms. The molecule has 2 atom stereocenters. The zero-order valence-corrected chi connectivity index (χ0v) is 17.1. The van der Waals surface area contributed by atoms with E-state index in [9.17, 15) is 0 Å². The molecule has 0 aliphatic carbocycles. The monoisotopic (exact) mass is 380 g/mol. The predicted octanol–water partition coefficient (Wildman–Crippen LogP) is 4.52. The van der Waals surface area contributed by atoms with Crippen LogP contribution < -0.4 is 0 Å². The number of nitrogens with zero attached hydrogens (tertiary/aromatic N) is 2. The maximum atomic E-state index is 5.44. The van der Waals surface area contributed by atoms with Crippen LogP contribution in [-0.4, -0.2) is 50.7 Å². The number of hydrogen-bond acceptors (Lipinski definition) is 4. The number of ether oxygens (including phenoxy) is 2. The van der Waals surface area contributed by atoms with Crippen LogP contribution in [0, 0.1) is 0 Å². The van der Waals surface area contributed by atoms with Gasteiger partial charge >= 0.3 is 0 Å². The Balaban J connectivity index is 1.93. The first-order valence-electron chi connectivity index (χ1n) is 10.2. The van der Waals surface area contributed by atoms with Gasteiger partial charge in [0.1, 0.15) is 0 Å². The molecule has 1 saturated heterocycles. The minimum absolute atomic E-state index is 0.241. The van der Waals surface area contributed by atoms with E-state index >= 15 is 0 Å². The van der Waals surface area contributed by atoms with Crippen molar-refractivity contribution >= 4 is 5.71 Å². The molecule has 28 heavy (non-hydrogen) atoms. The first-order valence-corrected chi connectivity index (χ1v) is 10.2. The van der Waals surface area contributed by atoms with E-state index in [0.717, 1.165) is 39.0 Å². The molecule has 4 nitrogen and oxygen atoms in total. The highest BCUT2D eigenvalue weighted by molar-refractivity contribution is 5.92. The van der Waals surface area contributed by atoms with E-state index < -0.39 is 0 Å². The summed E-state index contributed by atoms with van der Waals surface area (Å²) in [6.45, 7) is 2.45. The lowest BCUT2D eigenvalue weighted by Crippen LogP contribution is -2.31. The minimum Gasteiger partial charge on any atom is -0.385 e. The Morgan fingerprint density at radius 3 is 2.43 bits per heavy atom. The lowest BCUT2D eigenvalue weighted by molar-refractivity contribution is 0.117. The topological polar surface area (TPSA) is 34.1 Å². The van der Waals surface area contributed by atoms with Gasteiger partial charge in [-0.25, -0.2) is 0 Å². The molecule has 1 aliphatic heterocycles. The van der Waals surface area contributed by atoms with E-state index in [1.54, 1.807) is 14.2 Å². The average molecular weight is 381 g/mol. The third kappa shape index (κ3) is 5.66. The van der Waals surface area contributed by atoms with Gasteiger partial charge < -0.3 is 9.47 Å². The molecule has 2 aromatic carbocycles. The molecule has 0 bridgehead atoms. The summed E-state index contributed by atoms with van der Waals surface area (Å²) < 4.78 is 10.9. The van der Waals surface area contributed by atoms with Crippen molar-refractivity contribution in [1.29, 1.82) is 0 Å². The smallest absolute Gasteiger partial charge is 0.0704 e. The molecular weight excluding hydrogens is 348 g/mol. The summed E-state index contributed by atoms with van der Waals surface area (Å²) in [6.07, 6.45) is 4.09. The van der Waals surface area contributed by atoms with Gasteiger partial charge in [-0.3, -0.25) is 5.01 Å². The van der Waals surface area contributed by atoms with Gasteiger partial charge in [-0.1, -0.05) is 60.7 Å². The highest BCUT2D eigenvalue weighted by atomic mass is 16.5. The molecule has 1 fully saturated rings. The van der Waals surface area contributed by atoms with Crippen LogP contribution in [0.3, 0.4) is 0 Å². The number of rotatable bonds is 10. The van der Waals surface area contributed by atoms with E-state index in [1.807, 2.05) is 0 Å². The Kier molecular flexibility index (Phi) is 8.07. The average Bonchev–Trinajstić information content (AvgIpc) is 3.17. The fourth-order valence-corrected chi connectivity index (χ4v) is 3.96. The predicted molar refractivity (Wildman–Crippen MR) is 115 cm³/mol. The molecule has 2 aromatic rings. The van der Waals surface area contributed by atoms with E-state index in [-0.39, 0.29) is 5.92 Å². The highest BCUT2D eigenvalue weighted by Gasteiger charge is 2.26. The van der Waals surface area contributed by atoms with Crippen molar-refractivity contribution in [2.75, 3.05) is 34.0 Å². The zero-order chi connectivity index (χ0) is 19.6. The van der Waals surface area contributed by atoms with Gasteiger partial charge in [-0.05, 0) is 30.4 Å². The molecular formula is C24H32N2O2. The molecule has 0 unspecified atom stereocenters. The molecule has 0 N–H and O–H groups in total. The van der Waals surface area contributed by atoms with Crippen molar-refractivity contribution in [2.45, 2.75) is 37.6 Å². The van der Waals surface area contributed by atoms with Gasteiger partial charge in [0.15, 0.2) is 0 Å². The summed E-state index contributed by atoms with van der Waals surface area (Å²) in [5, 5.41) is 7.47. The van der Waals surface area contributed by atoms with Crippen molar-refractivity contribution in [2.24, 2.45) is 5.10 Å². The SMILES string of the molecule is COCC[C@@H](/C(Cc1ccccc1)=N\N1CCC[C@H]1COC)c1ccccc1. The van der Waals surface area contributed by atoms with Crippen LogP contribution in [0.4, 0.5) is 0 Å². The van der Waals surface area contributed by atoms with E-state index in [2.05, 4.69) is 65.7 Å². The van der Waals surface area contributed by atoms with Gasteiger partial charge in [0, 0.05) is 45.4 Å². The molecule has 3 rings (SSSR count). The third-order valence-corrected chi connectivity index (χ3v) is 5.40. The van der Waals surface area contributed by atoms with E-state index in [4.69, 9.17) is 14.6 Å². The van der Waals surface area contributed by atoms with Crippen molar-refractivity contribution in [3.8, 4) is 0 Å². The third-order valence-electron chi connectivity index (χ3n) is 5.40. The Labute approximate surface area is 169 Å². The Bertz CT molecular complexity index is 718. The Morgan fingerprint density at radius 2 is 1.75 bits per heavy atom. The quantitative estimate of drug-likeness (QED) is 0.569. The van der Waals surface area contributed by atoms with Crippen LogP contribution in [0.25, 0.3) is 0 Å². The largest absolute Gasteiger partial charge is 0.385 e. The maximum Gasteiger partial charge on any atom is 0.0704 e. The fourth-order valence-electron chi connectivity index (χ4n) is 3.96.